The molecule has 0 saturated carbocycles. The molecule has 1 atom stereocenters. The van der Waals surface area contributed by atoms with E-state index >= 15 is 0 Å². The molecule has 2 amide bonds. The molecular weight excluding hydrogens is 359 g/mol. The first-order valence-electron chi connectivity index (χ1n) is 9.31. The van der Waals surface area contributed by atoms with Gasteiger partial charge in [-0.2, -0.15) is 0 Å². The molecule has 1 fully saturated rings. The van der Waals surface area contributed by atoms with Gasteiger partial charge in [0.2, 0.25) is 11.8 Å². The van der Waals surface area contributed by atoms with Crippen molar-refractivity contribution in [1.82, 2.24) is 10.2 Å². The van der Waals surface area contributed by atoms with Crippen LogP contribution in [0, 0.1) is 23.4 Å². The van der Waals surface area contributed by atoms with Gasteiger partial charge in [0.05, 0.1) is 11.7 Å². The Balaban J connectivity index is 1.86. The fourth-order valence-corrected chi connectivity index (χ4v) is 3.11. The molecule has 2 rings (SSSR count). The van der Waals surface area contributed by atoms with Gasteiger partial charge in [-0.25, -0.2) is 13.2 Å². The van der Waals surface area contributed by atoms with Crippen molar-refractivity contribution in [2.45, 2.75) is 45.6 Å². The third-order valence-corrected chi connectivity index (χ3v) is 4.95. The highest BCUT2D eigenvalue weighted by Crippen LogP contribution is 2.22. The van der Waals surface area contributed by atoms with Gasteiger partial charge in [0.25, 0.3) is 0 Å². The van der Waals surface area contributed by atoms with Crippen molar-refractivity contribution in [2.24, 2.45) is 5.92 Å². The van der Waals surface area contributed by atoms with Crippen LogP contribution >= 0.6 is 0 Å². The quantitative estimate of drug-likeness (QED) is 0.560. The molecule has 1 heterocycles. The molecule has 150 valence electrons. The number of nitrogens with zero attached hydrogens (tertiary/aromatic N) is 1. The van der Waals surface area contributed by atoms with Crippen molar-refractivity contribution in [1.29, 1.82) is 0 Å². The van der Waals surface area contributed by atoms with E-state index in [0.29, 0.717) is 32.5 Å². The van der Waals surface area contributed by atoms with Crippen LogP contribution < -0.4 is 10.6 Å². The minimum atomic E-state index is -1.62. The van der Waals surface area contributed by atoms with Crippen LogP contribution in [-0.2, 0) is 9.59 Å². The van der Waals surface area contributed by atoms with Crippen molar-refractivity contribution >= 4 is 17.5 Å². The Kier molecular flexibility index (Phi) is 7.65. The Morgan fingerprint density at radius 2 is 1.85 bits per heavy atom. The van der Waals surface area contributed by atoms with Crippen LogP contribution in [0.15, 0.2) is 12.1 Å². The minimum Gasteiger partial charge on any atom is -0.356 e. The number of halogens is 3. The molecule has 1 saturated heterocycles. The van der Waals surface area contributed by atoms with Crippen LogP contribution in [-0.4, -0.2) is 42.4 Å². The summed E-state index contributed by atoms with van der Waals surface area (Å²) < 4.78 is 40.0. The van der Waals surface area contributed by atoms with Crippen LogP contribution in [0.4, 0.5) is 18.9 Å². The molecule has 1 aromatic carbocycles. The number of anilines is 1. The average Bonchev–Trinajstić information content (AvgIpc) is 2.68. The van der Waals surface area contributed by atoms with E-state index in [2.05, 4.69) is 17.6 Å². The Hall–Kier alpha value is -2.09. The molecule has 1 aliphatic heterocycles. The number of benzene rings is 1. The second-order valence-corrected chi connectivity index (χ2v) is 6.84. The molecule has 5 nitrogen and oxygen atoms in total. The normalized spacial score (nSPS) is 16.8. The predicted octanol–water partition coefficient (Wildman–Crippen LogP) is 3.06. The van der Waals surface area contributed by atoms with E-state index in [0.717, 1.165) is 25.0 Å². The second kappa shape index (κ2) is 9.73. The zero-order chi connectivity index (χ0) is 20.0. The highest BCUT2D eigenvalue weighted by atomic mass is 19.2. The summed E-state index contributed by atoms with van der Waals surface area (Å²) in [6.07, 6.45) is 3.23. The standard InChI is InChI=1S/C19H26F3N3O2/c1-3-4-9-23-19(27)13-7-10-25(11-8-13)12(2)18(26)24-15-6-5-14(20)16(21)17(15)22/h5-6,12-13H,3-4,7-11H2,1-2H3,(H,23,27)(H,24,26)/t12-/m0/s1. The zero-order valence-corrected chi connectivity index (χ0v) is 15.7. The molecule has 0 bridgehead atoms. The molecule has 0 aromatic heterocycles. The van der Waals surface area contributed by atoms with Crippen LogP contribution in [0.1, 0.15) is 39.5 Å². The summed E-state index contributed by atoms with van der Waals surface area (Å²) >= 11 is 0. The second-order valence-electron chi connectivity index (χ2n) is 6.84. The SMILES string of the molecule is CCCCNC(=O)C1CCN([C@@H](C)C(=O)Nc2ccc(F)c(F)c2F)CC1. The summed E-state index contributed by atoms with van der Waals surface area (Å²) in [6.45, 7) is 5.51. The van der Waals surface area contributed by atoms with Crippen molar-refractivity contribution in [3.05, 3.63) is 29.6 Å². The number of piperidine rings is 1. The van der Waals surface area contributed by atoms with E-state index < -0.39 is 35.1 Å². The third-order valence-electron chi connectivity index (χ3n) is 4.95. The Bertz CT molecular complexity index is 676. The number of hydrogen-bond acceptors (Lipinski definition) is 3. The van der Waals surface area contributed by atoms with E-state index in [1.807, 2.05) is 4.90 Å². The summed E-state index contributed by atoms with van der Waals surface area (Å²) in [5.74, 6) is -4.88. The maximum atomic E-state index is 13.7. The van der Waals surface area contributed by atoms with E-state index in [4.69, 9.17) is 0 Å². The van der Waals surface area contributed by atoms with E-state index in [1.165, 1.54) is 0 Å². The van der Waals surface area contributed by atoms with Crippen LogP contribution in [0.25, 0.3) is 0 Å². The lowest BCUT2D eigenvalue weighted by atomic mass is 9.95. The van der Waals surface area contributed by atoms with Crippen LogP contribution in [0.5, 0.6) is 0 Å². The number of likely N-dealkylation sites (tertiary alicyclic amines) is 1. The van der Waals surface area contributed by atoms with Crippen molar-refractivity contribution in [3.63, 3.8) is 0 Å². The molecule has 2 N–H and O–H groups in total. The molecule has 0 aliphatic carbocycles. The predicted molar refractivity (Wildman–Crippen MR) is 96.6 cm³/mol. The molecule has 8 heteroatoms. The Morgan fingerprint density at radius 3 is 2.48 bits per heavy atom. The van der Waals surface area contributed by atoms with Gasteiger partial charge in [-0.3, -0.25) is 14.5 Å². The number of hydrogen-bond donors (Lipinski definition) is 2. The third kappa shape index (κ3) is 5.45. The highest BCUT2D eigenvalue weighted by Gasteiger charge is 2.30. The Labute approximate surface area is 157 Å². The first kappa shape index (κ1) is 21.2. The van der Waals surface area contributed by atoms with Gasteiger partial charge in [-0.15, -0.1) is 0 Å². The number of carbonyl (C=O) groups is 2. The maximum Gasteiger partial charge on any atom is 0.241 e. The number of rotatable bonds is 7. The number of unbranched alkanes of at least 4 members (excludes halogenated alkanes) is 1. The smallest absolute Gasteiger partial charge is 0.241 e. The summed E-state index contributed by atoms with van der Waals surface area (Å²) in [6, 6.07) is 1.17. The topological polar surface area (TPSA) is 61.4 Å². The average molecular weight is 385 g/mol. The molecule has 1 aliphatic rings. The lowest BCUT2D eigenvalue weighted by Crippen LogP contribution is -2.48. The van der Waals surface area contributed by atoms with Crippen molar-refractivity contribution in [3.8, 4) is 0 Å². The first-order valence-corrected chi connectivity index (χ1v) is 9.31. The van der Waals surface area contributed by atoms with E-state index in [1.54, 1.807) is 6.92 Å². The molecule has 0 radical (unpaired) electrons. The summed E-state index contributed by atoms with van der Waals surface area (Å²) in [5.41, 5.74) is -0.393. The molecular formula is C19H26F3N3O2. The lowest BCUT2D eigenvalue weighted by Gasteiger charge is -2.34. The zero-order valence-electron chi connectivity index (χ0n) is 15.7. The fraction of sp³-hybridized carbons (Fsp3) is 0.579. The van der Waals surface area contributed by atoms with Gasteiger partial charge >= 0.3 is 0 Å². The van der Waals surface area contributed by atoms with Gasteiger partial charge in [-0.05, 0) is 51.4 Å². The number of nitrogens with one attached hydrogen (secondary N) is 2. The summed E-state index contributed by atoms with van der Waals surface area (Å²) in [7, 11) is 0. The lowest BCUT2D eigenvalue weighted by molar-refractivity contribution is -0.127. The largest absolute Gasteiger partial charge is 0.356 e. The first-order chi connectivity index (χ1) is 12.8. The van der Waals surface area contributed by atoms with E-state index in [9.17, 15) is 22.8 Å². The molecule has 1 aromatic rings. The van der Waals surface area contributed by atoms with Gasteiger partial charge in [0, 0.05) is 12.5 Å². The van der Waals surface area contributed by atoms with Gasteiger partial charge < -0.3 is 10.6 Å². The number of amides is 2. The van der Waals surface area contributed by atoms with Gasteiger partial charge in [0.15, 0.2) is 17.5 Å². The van der Waals surface area contributed by atoms with Gasteiger partial charge in [-0.1, -0.05) is 13.3 Å². The molecule has 0 unspecified atom stereocenters. The van der Waals surface area contributed by atoms with Gasteiger partial charge in [0.1, 0.15) is 0 Å². The molecule has 27 heavy (non-hydrogen) atoms. The van der Waals surface area contributed by atoms with Crippen molar-refractivity contribution < 1.29 is 22.8 Å². The summed E-state index contributed by atoms with van der Waals surface area (Å²) in [4.78, 5) is 26.3. The monoisotopic (exact) mass is 385 g/mol. The van der Waals surface area contributed by atoms with E-state index in [-0.39, 0.29) is 11.8 Å². The summed E-state index contributed by atoms with van der Waals surface area (Å²) in [5, 5.41) is 5.23. The fourth-order valence-electron chi connectivity index (χ4n) is 3.11. The molecule has 0 spiro atoms. The van der Waals surface area contributed by atoms with Crippen LogP contribution in [0.3, 0.4) is 0 Å². The minimum absolute atomic E-state index is 0.0454. The number of carbonyl (C=O) groups excluding carboxylic acids is 2. The van der Waals surface area contributed by atoms with Crippen LogP contribution in [0.2, 0.25) is 0 Å². The maximum absolute atomic E-state index is 13.7. The highest BCUT2D eigenvalue weighted by molar-refractivity contribution is 5.94. The Morgan fingerprint density at radius 1 is 1.19 bits per heavy atom. The van der Waals surface area contributed by atoms with Crippen molar-refractivity contribution in [2.75, 3.05) is 25.0 Å².